The molecule has 1 aromatic carbocycles. The molecule has 0 saturated heterocycles. The Morgan fingerprint density at radius 2 is 2.06 bits per heavy atom. The highest BCUT2D eigenvalue weighted by molar-refractivity contribution is 5.49. The monoisotopic (exact) mass is 255 g/mol. The van der Waals surface area contributed by atoms with Gasteiger partial charge in [-0.3, -0.25) is 5.10 Å². The molecule has 3 nitrogen and oxygen atoms in total. The molecule has 18 heavy (non-hydrogen) atoms. The molecule has 2 N–H and O–H groups in total. The topological polar surface area (TPSA) is 40.7 Å². The van der Waals surface area contributed by atoms with Gasteiger partial charge in [-0.15, -0.1) is 0 Å². The zero-order valence-corrected chi connectivity index (χ0v) is 9.67. The van der Waals surface area contributed by atoms with Gasteiger partial charge < -0.3 is 5.32 Å². The molecule has 0 atom stereocenters. The number of H-pyrrole nitrogens is 1. The minimum atomic E-state index is -4.32. The first-order valence-electron chi connectivity index (χ1n) is 5.37. The van der Waals surface area contributed by atoms with Crippen LogP contribution in [-0.2, 0) is 12.7 Å². The molecule has 0 unspecified atom stereocenters. The predicted molar refractivity (Wildman–Crippen MR) is 62.1 cm³/mol. The first-order chi connectivity index (χ1) is 8.47. The summed E-state index contributed by atoms with van der Waals surface area (Å²) in [5, 5.41) is 9.40. The van der Waals surface area contributed by atoms with Crippen molar-refractivity contribution < 1.29 is 13.2 Å². The molecule has 1 heterocycles. The number of aromatic amines is 1. The van der Waals surface area contributed by atoms with Gasteiger partial charge in [0.1, 0.15) is 0 Å². The number of halogens is 3. The van der Waals surface area contributed by atoms with Gasteiger partial charge in [0.2, 0.25) is 0 Å². The maximum absolute atomic E-state index is 12.7. The quantitative estimate of drug-likeness (QED) is 0.883. The zero-order valence-electron chi connectivity index (χ0n) is 9.67. The van der Waals surface area contributed by atoms with Gasteiger partial charge in [-0.05, 0) is 30.7 Å². The lowest BCUT2D eigenvalue weighted by Crippen LogP contribution is -2.09. The van der Waals surface area contributed by atoms with Gasteiger partial charge in [-0.25, -0.2) is 0 Å². The molecular weight excluding hydrogens is 243 g/mol. The zero-order chi connectivity index (χ0) is 13.2. The highest BCUT2D eigenvalue weighted by Gasteiger charge is 2.32. The Morgan fingerprint density at radius 3 is 2.67 bits per heavy atom. The van der Waals surface area contributed by atoms with E-state index in [1.165, 1.54) is 13.0 Å². The third-order valence-corrected chi connectivity index (χ3v) is 2.58. The van der Waals surface area contributed by atoms with Gasteiger partial charge in [0.25, 0.3) is 0 Å². The van der Waals surface area contributed by atoms with Gasteiger partial charge in [-0.1, -0.05) is 6.07 Å². The van der Waals surface area contributed by atoms with Crippen LogP contribution in [0.15, 0.2) is 30.5 Å². The van der Waals surface area contributed by atoms with Gasteiger partial charge in [0.15, 0.2) is 0 Å². The number of rotatable bonds is 3. The normalized spacial score (nSPS) is 11.6. The van der Waals surface area contributed by atoms with E-state index in [0.29, 0.717) is 12.2 Å². The molecule has 0 amide bonds. The van der Waals surface area contributed by atoms with Crippen molar-refractivity contribution in [1.82, 2.24) is 10.2 Å². The molecule has 0 aliphatic carbocycles. The largest absolute Gasteiger partial charge is 0.416 e. The average Bonchev–Trinajstić information content (AvgIpc) is 2.79. The van der Waals surface area contributed by atoms with E-state index in [2.05, 4.69) is 15.5 Å². The minimum absolute atomic E-state index is 0.217. The molecule has 96 valence electrons. The van der Waals surface area contributed by atoms with Crippen LogP contribution >= 0.6 is 0 Å². The number of hydrogen-bond acceptors (Lipinski definition) is 2. The van der Waals surface area contributed by atoms with Crippen LogP contribution in [-0.4, -0.2) is 10.2 Å². The van der Waals surface area contributed by atoms with E-state index < -0.39 is 11.7 Å². The summed E-state index contributed by atoms with van der Waals surface area (Å²) >= 11 is 0. The van der Waals surface area contributed by atoms with Crippen molar-refractivity contribution in [3.63, 3.8) is 0 Å². The Hall–Kier alpha value is -1.98. The van der Waals surface area contributed by atoms with Crippen LogP contribution in [0.1, 0.15) is 16.8 Å². The number of benzene rings is 1. The second kappa shape index (κ2) is 4.72. The third kappa shape index (κ3) is 2.82. The summed E-state index contributed by atoms with van der Waals surface area (Å²) < 4.78 is 38.1. The molecule has 1 aromatic heterocycles. The summed E-state index contributed by atoms with van der Waals surface area (Å²) in [6.45, 7) is 1.85. The maximum Gasteiger partial charge on any atom is 0.416 e. The molecule has 0 spiro atoms. The first kappa shape index (κ1) is 12.5. The fourth-order valence-electron chi connectivity index (χ4n) is 1.62. The van der Waals surface area contributed by atoms with Crippen LogP contribution in [0.2, 0.25) is 0 Å². The standard InChI is InChI=1S/C12H12F3N3/c1-8-2-3-9(6-11(8)12(13,14)15)16-7-10-4-5-17-18-10/h2-6,16H,7H2,1H3,(H,17,18). The van der Waals surface area contributed by atoms with Gasteiger partial charge in [0.05, 0.1) is 17.8 Å². The lowest BCUT2D eigenvalue weighted by molar-refractivity contribution is -0.138. The summed E-state index contributed by atoms with van der Waals surface area (Å²) in [6, 6.07) is 5.95. The van der Waals surface area contributed by atoms with Crippen molar-refractivity contribution >= 4 is 5.69 Å². The number of nitrogens with one attached hydrogen (secondary N) is 2. The number of anilines is 1. The average molecular weight is 255 g/mol. The molecular formula is C12H12F3N3. The van der Waals surface area contributed by atoms with E-state index in [1.807, 2.05) is 0 Å². The number of aryl methyl sites for hydroxylation is 1. The smallest absolute Gasteiger partial charge is 0.379 e. The van der Waals surface area contributed by atoms with E-state index in [1.54, 1.807) is 18.3 Å². The molecule has 0 radical (unpaired) electrons. The van der Waals surface area contributed by atoms with E-state index in [4.69, 9.17) is 0 Å². The van der Waals surface area contributed by atoms with Crippen LogP contribution in [0, 0.1) is 6.92 Å². The van der Waals surface area contributed by atoms with Crippen LogP contribution in [0.4, 0.5) is 18.9 Å². The lowest BCUT2D eigenvalue weighted by atomic mass is 10.1. The number of nitrogens with zero attached hydrogens (tertiary/aromatic N) is 1. The molecule has 0 aliphatic heterocycles. The van der Waals surface area contributed by atoms with E-state index >= 15 is 0 Å². The Balaban J connectivity index is 2.15. The second-order valence-electron chi connectivity index (χ2n) is 3.96. The third-order valence-electron chi connectivity index (χ3n) is 2.58. The van der Waals surface area contributed by atoms with Gasteiger partial charge >= 0.3 is 6.18 Å². The summed E-state index contributed by atoms with van der Waals surface area (Å²) in [7, 11) is 0. The van der Waals surface area contributed by atoms with Crippen molar-refractivity contribution in [2.45, 2.75) is 19.6 Å². The minimum Gasteiger partial charge on any atom is -0.379 e. The van der Waals surface area contributed by atoms with Crippen LogP contribution in [0.25, 0.3) is 0 Å². The summed E-state index contributed by atoms with van der Waals surface area (Å²) in [6.07, 6.45) is -2.73. The van der Waals surface area contributed by atoms with E-state index in [9.17, 15) is 13.2 Å². The van der Waals surface area contributed by atoms with Crippen LogP contribution in [0.3, 0.4) is 0 Å². The van der Waals surface area contributed by atoms with Gasteiger partial charge in [0, 0.05) is 11.9 Å². The predicted octanol–water partition coefficient (Wildman–Crippen LogP) is 3.35. The lowest BCUT2D eigenvalue weighted by Gasteiger charge is -2.13. The van der Waals surface area contributed by atoms with Crippen molar-refractivity contribution in [3.05, 3.63) is 47.3 Å². The Kier molecular flexibility index (Phi) is 3.27. The molecule has 0 fully saturated rings. The Bertz CT molecular complexity index is 518. The highest BCUT2D eigenvalue weighted by atomic mass is 19.4. The number of alkyl halides is 3. The molecule has 6 heteroatoms. The van der Waals surface area contributed by atoms with Crippen molar-refractivity contribution in [3.8, 4) is 0 Å². The van der Waals surface area contributed by atoms with Gasteiger partial charge in [-0.2, -0.15) is 18.3 Å². The van der Waals surface area contributed by atoms with Crippen molar-refractivity contribution in [2.24, 2.45) is 0 Å². The molecule has 0 aliphatic rings. The van der Waals surface area contributed by atoms with Crippen molar-refractivity contribution in [1.29, 1.82) is 0 Å². The van der Waals surface area contributed by atoms with E-state index in [-0.39, 0.29) is 5.56 Å². The number of aromatic nitrogens is 2. The fraction of sp³-hybridized carbons (Fsp3) is 0.250. The SMILES string of the molecule is Cc1ccc(NCc2ccn[nH]2)cc1C(F)(F)F. The molecule has 0 bridgehead atoms. The van der Waals surface area contributed by atoms with E-state index in [0.717, 1.165) is 11.8 Å². The second-order valence-corrected chi connectivity index (χ2v) is 3.96. The Morgan fingerprint density at radius 1 is 1.28 bits per heavy atom. The summed E-state index contributed by atoms with van der Waals surface area (Å²) in [4.78, 5) is 0. The fourth-order valence-corrected chi connectivity index (χ4v) is 1.62. The Labute approximate surface area is 102 Å². The van der Waals surface area contributed by atoms with Crippen LogP contribution < -0.4 is 5.32 Å². The molecule has 0 saturated carbocycles. The molecule has 2 rings (SSSR count). The van der Waals surface area contributed by atoms with Crippen molar-refractivity contribution in [2.75, 3.05) is 5.32 Å². The maximum atomic E-state index is 12.7. The highest BCUT2D eigenvalue weighted by Crippen LogP contribution is 2.33. The number of hydrogen-bond donors (Lipinski definition) is 2. The summed E-state index contributed by atoms with van der Waals surface area (Å²) in [5.74, 6) is 0. The first-order valence-corrected chi connectivity index (χ1v) is 5.37. The summed E-state index contributed by atoms with van der Waals surface area (Å²) in [5.41, 5.74) is 0.846. The van der Waals surface area contributed by atoms with Crippen LogP contribution in [0.5, 0.6) is 0 Å². The molecule has 2 aromatic rings.